The number of benzene rings is 1. The number of nitrogens with two attached hydrogens (primary N) is 1. The zero-order chi connectivity index (χ0) is 13.2. The van der Waals surface area contributed by atoms with Crippen LogP contribution in [0.15, 0.2) is 47.2 Å². The number of nitrogens with zero attached hydrogens (tertiary/aromatic N) is 3. The van der Waals surface area contributed by atoms with Crippen LogP contribution in [0.25, 0.3) is 22.6 Å². The van der Waals surface area contributed by atoms with Gasteiger partial charge in [0.25, 0.3) is 0 Å². The zero-order valence-corrected chi connectivity index (χ0v) is 11.4. The number of nitrogen functional groups attached to an aromatic ring is 1. The van der Waals surface area contributed by atoms with Gasteiger partial charge in [-0.2, -0.15) is 5.10 Å². The molecule has 2 heterocycles. The maximum Gasteiger partial charge on any atom is 0.178 e. The summed E-state index contributed by atoms with van der Waals surface area (Å²) in [6.07, 6.45) is 3.37. The first kappa shape index (κ1) is 11.9. The summed E-state index contributed by atoms with van der Waals surface area (Å²) in [6.45, 7) is 0. The third-order valence-corrected chi connectivity index (χ3v) is 3.42. The van der Waals surface area contributed by atoms with Gasteiger partial charge in [0.1, 0.15) is 5.69 Å². The summed E-state index contributed by atoms with van der Waals surface area (Å²) in [5.74, 6) is 0.992. The molecule has 0 aliphatic rings. The largest absolute Gasteiger partial charge is 0.382 e. The van der Waals surface area contributed by atoms with E-state index < -0.39 is 0 Å². The molecule has 2 aromatic heterocycles. The lowest BCUT2D eigenvalue weighted by atomic mass is 10.1. The third kappa shape index (κ3) is 2.10. The lowest BCUT2D eigenvalue weighted by Crippen LogP contribution is -1.92. The van der Waals surface area contributed by atoms with Crippen molar-refractivity contribution in [3.05, 3.63) is 47.2 Å². The molecule has 0 bridgehead atoms. The number of H-pyrrole nitrogens is 1. The van der Waals surface area contributed by atoms with Crippen molar-refractivity contribution >= 4 is 21.7 Å². The molecular formula is C13H10BrN5. The molecule has 3 aromatic rings. The molecule has 0 aliphatic heterocycles. The van der Waals surface area contributed by atoms with Crippen LogP contribution < -0.4 is 5.73 Å². The van der Waals surface area contributed by atoms with Crippen LogP contribution >= 0.6 is 15.9 Å². The molecule has 3 rings (SSSR count). The van der Waals surface area contributed by atoms with E-state index in [2.05, 4.69) is 36.1 Å². The number of rotatable bonds is 2. The van der Waals surface area contributed by atoms with Crippen LogP contribution in [0.5, 0.6) is 0 Å². The molecule has 0 unspecified atom stereocenters. The maximum atomic E-state index is 5.96. The zero-order valence-electron chi connectivity index (χ0n) is 9.84. The molecule has 19 heavy (non-hydrogen) atoms. The van der Waals surface area contributed by atoms with Gasteiger partial charge >= 0.3 is 0 Å². The van der Waals surface area contributed by atoms with Gasteiger partial charge in [0, 0.05) is 22.4 Å². The van der Waals surface area contributed by atoms with Crippen molar-refractivity contribution in [2.24, 2.45) is 0 Å². The summed E-state index contributed by atoms with van der Waals surface area (Å²) in [7, 11) is 0. The van der Waals surface area contributed by atoms with Crippen LogP contribution in [0.4, 0.5) is 5.82 Å². The van der Waals surface area contributed by atoms with E-state index in [1.165, 1.54) is 0 Å². The molecule has 94 valence electrons. The van der Waals surface area contributed by atoms with Gasteiger partial charge in [0.2, 0.25) is 0 Å². The van der Waals surface area contributed by atoms with Gasteiger partial charge in [-0.05, 0) is 12.1 Å². The van der Waals surface area contributed by atoms with Crippen molar-refractivity contribution in [1.29, 1.82) is 0 Å². The number of halogens is 1. The van der Waals surface area contributed by atoms with E-state index in [1.807, 2.05) is 24.3 Å². The second-order valence-corrected chi connectivity index (χ2v) is 4.77. The number of hydrogen-bond donors (Lipinski definition) is 2. The molecule has 0 fully saturated rings. The fraction of sp³-hybridized carbons (Fsp3) is 0. The molecule has 3 N–H and O–H groups in total. The highest BCUT2D eigenvalue weighted by Crippen LogP contribution is 2.36. The molecular weight excluding hydrogens is 306 g/mol. The summed E-state index contributed by atoms with van der Waals surface area (Å²) in [5.41, 5.74) is 8.43. The average Bonchev–Trinajstić information content (AvgIpc) is 2.82. The Labute approximate surface area is 118 Å². The molecule has 1 aromatic carbocycles. The lowest BCUT2D eigenvalue weighted by Gasteiger charge is -2.05. The normalized spacial score (nSPS) is 10.6. The van der Waals surface area contributed by atoms with Crippen molar-refractivity contribution in [2.45, 2.75) is 0 Å². The maximum absolute atomic E-state index is 5.96. The van der Waals surface area contributed by atoms with E-state index in [0.717, 1.165) is 15.6 Å². The van der Waals surface area contributed by atoms with Crippen molar-refractivity contribution in [3.63, 3.8) is 0 Å². The predicted octanol–water partition coefficient (Wildman–Crippen LogP) is 2.88. The van der Waals surface area contributed by atoms with Crippen LogP contribution in [0.1, 0.15) is 0 Å². The molecule has 0 spiro atoms. The minimum Gasteiger partial charge on any atom is -0.382 e. The summed E-state index contributed by atoms with van der Waals surface area (Å²) in [5, 5.41) is 6.96. The van der Waals surface area contributed by atoms with Crippen molar-refractivity contribution in [1.82, 2.24) is 20.2 Å². The molecule has 0 radical (unpaired) electrons. The van der Waals surface area contributed by atoms with Crippen LogP contribution in [-0.4, -0.2) is 20.2 Å². The fourth-order valence-corrected chi connectivity index (χ4v) is 2.37. The topological polar surface area (TPSA) is 80.5 Å². The first-order valence-corrected chi connectivity index (χ1v) is 6.43. The highest BCUT2D eigenvalue weighted by Gasteiger charge is 2.18. The molecule has 0 saturated heterocycles. The smallest absolute Gasteiger partial charge is 0.178 e. The quantitative estimate of drug-likeness (QED) is 0.762. The standard InChI is InChI=1S/C13H10BrN5/c14-9-5-2-1-4-8(9)10-11(18-19-12(10)15)13-16-6-3-7-17-13/h1-7H,(H3,15,18,19). The van der Waals surface area contributed by atoms with Gasteiger partial charge in [-0.1, -0.05) is 34.1 Å². The Balaban J connectivity index is 2.23. The number of nitrogens with one attached hydrogen (secondary N) is 1. The minimum atomic E-state index is 0.425. The Morgan fingerprint density at radius 2 is 1.79 bits per heavy atom. The summed E-state index contributed by atoms with van der Waals surface area (Å²) >= 11 is 3.52. The Hall–Kier alpha value is -2.21. The molecule has 5 nitrogen and oxygen atoms in total. The van der Waals surface area contributed by atoms with Gasteiger partial charge < -0.3 is 5.73 Å². The van der Waals surface area contributed by atoms with Crippen LogP contribution in [0, 0.1) is 0 Å². The Morgan fingerprint density at radius 3 is 2.53 bits per heavy atom. The summed E-state index contributed by atoms with van der Waals surface area (Å²) in [4.78, 5) is 8.45. The second-order valence-electron chi connectivity index (χ2n) is 3.91. The van der Waals surface area contributed by atoms with E-state index in [0.29, 0.717) is 17.3 Å². The number of aromatic nitrogens is 4. The highest BCUT2D eigenvalue weighted by atomic mass is 79.9. The van der Waals surface area contributed by atoms with Crippen LogP contribution in [0.2, 0.25) is 0 Å². The number of anilines is 1. The van der Waals surface area contributed by atoms with Gasteiger partial charge in [-0.3, -0.25) is 5.10 Å². The first-order valence-electron chi connectivity index (χ1n) is 5.63. The van der Waals surface area contributed by atoms with E-state index in [9.17, 15) is 0 Å². The molecule has 0 saturated carbocycles. The average molecular weight is 316 g/mol. The molecule has 6 heteroatoms. The molecule has 0 atom stereocenters. The molecule has 0 aliphatic carbocycles. The second kappa shape index (κ2) is 4.81. The van der Waals surface area contributed by atoms with Gasteiger partial charge in [-0.15, -0.1) is 0 Å². The van der Waals surface area contributed by atoms with Crippen LogP contribution in [-0.2, 0) is 0 Å². The Morgan fingerprint density at radius 1 is 1.05 bits per heavy atom. The van der Waals surface area contributed by atoms with Gasteiger partial charge in [0.05, 0.1) is 5.56 Å². The highest BCUT2D eigenvalue weighted by molar-refractivity contribution is 9.10. The molecule has 0 amide bonds. The SMILES string of the molecule is Nc1n[nH]c(-c2ncccn2)c1-c1ccccc1Br. The third-order valence-electron chi connectivity index (χ3n) is 2.73. The lowest BCUT2D eigenvalue weighted by molar-refractivity contribution is 1.07. The van der Waals surface area contributed by atoms with Crippen molar-refractivity contribution < 1.29 is 0 Å². The van der Waals surface area contributed by atoms with Crippen molar-refractivity contribution in [3.8, 4) is 22.6 Å². The van der Waals surface area contributed by atoms with Gasteiger partial charge in [-0.25, -0.2) is 9.97 Å². The first-order chi connectivity index (χ1) is 9.27. The Bertz CT molecular complexity index is 708. The van der Waals surface area contributed by atoms with E-state index >= 15 is 0 Å². The Kier molecular flexibility index (Phi) is 3.00. The number of hydrogen-bond acceptors (Lipinski definition) is 4. The predicted molar refractivity (Wildman–Crippen MR) is 77.2 cm³/mol. The van der Waals surface area contributed by atoms with Crippen LogP contribution in [0.3, 0.4) is 0 Å². The summed E-state index contributed by atoms with van der Waals surface area (Å²) in [6, 6.07) is 9.58. The van der Waals surface area contributed by atoms with Crippen molar-refractivity contribution in [2.75, 3.05) is 5.73 Å². The van der Waals surface area contributed by atoms with E-state index in [1.54, 1.807) is 18.5 Å². The monoisotopic (exact) mass is 315 g/mol. The van der Waals surface area contributed by atoms with E-state index in [4.69, 9.17) is 5.73 Å². The fourth-order valence-electron chi connectivity index (χ4n) is 1.88. The summed E-state index contributed by atoms with van der Waals surface area (Å²) < 4.78 is 0.945. The minimum absolute atomic E-state index is 0.425. The number of aromatic amines is 1. The van der Waals surface area contributed by atoms with Gasteiger partial charge in [0.15, 0.2) is 11.6 Å². The van der Waals surface area contributed by atoms with E-state index in [-0.39, 0.29) is 0 Å².